The summed E-state index contributed by atoms with van der Waals surface area (Å²) >= 11 is 0. The summed E-state index contributed by atoms with van der Waals surface area (Å²) in [5, 5.41) is 0. The first-order chi connectivity index (χ1) is 13.3. The fraction of sp³-hybridized carbons (Fsp3) is 0.625. The van der Waals surface area contributed by atoms with Crippen LogP contribution in [0.1, 0.15) is 77.6 Å². The van der Waals surface area contributed by atoms with Gasteiger partial charge in [-0.25, -0.2) is 0 Å². The van der Waals surface area contributed by atoms with Gasteiger partial charge in [0.15, 0.2) is 0 Å². The van der Waals surface area contributed by atoms with E-state index in [-0.39, 0.29) is 5.97 Å². The first kappa shape index (κ1) is 25.4. The van der Waals surface area contributed by atoms with Gasteiger partial charge >= 0.3 is 5.97 Å². The van der Waals surface area contributed by atoms with Crippen molar-refractivity contribution in [1.82, 2.24) is 0 Å². The number of hydrogen-bond donors (Lipinski definition) is 0. The average Bonchev–Trinajstić information content (AvgIpc) is 2.67. The summed E-state index contributed by atoms with van der Waals surface area (Å²) in [5.41, 5.74) is 0. The van der Waals surface area contributed by atoms with Gasteiger partial charge < -0.3 is 9.47 Å². The van der Waals surface area contributed by atoms with E-state index in [2.05, 4.69) is 55.5 Å². The number of esters is 1. The maximum absolute atomic E-state index is 11.5. The maximum Gasteiger partial charge on any atom is 0.305 e. The van der Waals surface area contributed by atoms with E-state index in [9.17, 15) is 4.79 Å². The van der Waals surface area contributed by atoms with Crippen LogP contribution in [0.2, 0.25) is 0 Å². The smallest absolute Gasteiger partial charge is 0.305 e. The van der Waals surface area contributed by atoms with Crippen LogP contribution in [0.5, 0.6) is 0 Å². The van der Waals surface area contributed by atoms with Crippen molar-refractivity contribution < 1.29 is 14.3 Å². The minimum atomic E-state index is -0.109. The van der Waals surface area contributed by atoms with Crippen molar-refractivity contribution in [2.45, 2.75) is 77.6 Å². The van der Waals surface area contributed by atoms with Crippen LogP contribution in [0.15, 0.2) is 48.6 Å². The number of methoxy groups -OCH3 is 1. The van der Waals surface area contributed by atoms with Crippen LogP contribution in [0.4, 0.5) is 0 Å². The summed E-state index contributed by atoms with van der Waals surface area (Å²) in [6, 6.07) is 0. The van der Waals surface area contributed by atoms with Gasteiger partial charge in [0, 0.05) is 26.6 Å². The maximum atomic E-state index is 11.5. The van der Waals surface area contributed by atoms with E-state index in [1.807, 2.05) is 0 Å². The average molecular weight is 377 g/mol. The van der Waals surface area contributed by atoms with Crippen LogP contribution in [-0.4, -0.2) is 26.3 Å². The van der Waals surface area contributed by atoms with Crippen LogP contribution in [0, 0.1) is 0 Å². The molecule has 0 aromatic carbocycles. The van der Waals surface area contributed by atoms with E-state index < -0.39 is 0 Å². The quantitative estimate of drug-likeness (QED) is 0.151. The highest BCUT2D eigenvalue weighted by atomic mass is 16.5. The number of carbonyl (C=O) groups excluding carboxylic acids is 1. The van der Waals surface area contributed by atoms with E-state index in [0.29, 0.717) is 19.6 Å². The lowest BCUT2D eigenvalue weighted by atomic mass is 10.2. The third kappa shape index (κ3) is 22.3. The summed E-state index contributed by atoms with van der Waals surface area (Å²) in [5.74, 6) is -0.109. The molecule has 0 rings (SSSR count). The molecular formula is C24H40O3. The van der Waals surface area contributed by atoms with E-state index >= 15 is 0 Å². The zero-order valence-electron chi connectivity index (χ0n) is 17.5. The van der Waals surface area contributed by atoms with Crippen LogP contribution in [-0.2, 0) is 14.3 Å². The lowest BCUT2D eigenvalue weighted by molar-refractivity contribution is -0.144. The Morgan fingerprint density at radius 3 is 1.81 bits per heavy atom. The first-order valence-electron chi connectivity index (χ1n) is 10.6. The number of hydrogen-bond acceptors (Lipinski definition) is 3. The Morgan fingerprint density at radius 2 is 1.26 bits per heavy atom. The van der Waals surface area contributed by atoms with Crippen LogP contribution in [0.3, 0.4) is 0 Å². The topological polar surface area (TPSA) is 35.5 Å². The largest absolute Gasteiger partial charge is 0.466 e. The normalized spacial score (nSPS) is 12.2. The van der Waals surface area contributed by atoms with Crippen LogP contribution >= 0.6 is 0 Å². The highest BCUT2D eigenvalue weighted by Gasteiger charge is 2.00. The molecule has 3 nitrogen and oxygen atoms in total. The summed E-state index contributed by atoms with van der Waals surface area (Å²) < 4.78 is 10.0. The lowest BCUT2D eigenvalue weighted by Gasteiger charge is -2.03. The zero-order valence-corrected chi connectivity index (χ0v) is 17.5. The molecule has 0 aliphatic rings. The fourth-order valence-electron chi connectivity index (χ4n) is 2.39. The molecule has 0 aliphatic carbocycles. The Bertz CT molecular complexity index is 433. The van der Waals surface area contributed by atoms with Gasteiger partial charge in [-0.05, 0) is 44.9 Å². The molecule has 0 spiro atoms. The molecule has 27 heavy (non-hydrogen) atoms. The molecule has 0 radical (unpaired) electrons. The Kier molecular flexibility index (Phi) is 21.1. The molecule has 0 aromatic heterocycles. The Balaban J connectivity index is 3.44. The van der Waals surface area contributed by atoms with E-state index in [0.717, 1.165) is 38.5 Å². The van der Waals surface area contributed by atoms with Crippen LogP contribution in [0.25, 0.3) is 0 Å². The molecule has 0 fully saturated rings. The van der Waals surface area contributed by atoms with Gasteiger partial charge in [0.2, 0.25) is 0 Å². The van der Waals surface area contributed by atoms with Gasteiger partial charge in [0.05, 0.1) is 6.61 Å². The second-order valence-electron chi connectivity index (χ2n) is 6.55. The molecule has 0 saturated heterocycles. The summed E-state index contributed by atoms with van der Waals surface area (Å²) in [6.45, 7) is 3.33. The van der Waals surface area contributed by atoms with Gasteiger partial charge in [0.1, 0.15) is 0 Å². The molecule has 0 aromatic rings. The number of carbonyl (C=O) groups is 1. The van der Waals surface area contributed by atoms with Crippen molar-refractivity contribution in [3.63, 3.8) is 0 Å². The molecule has 0 bridgehead atoms. The molecule has 0 heterocycles. The number of rotatable bonds is 18. The highest BCUT2D eigenvalue weighted by Crippen LogP contribution is 2.02. The Labute approximate surface area is 167 Å². The van der Waals surface area contributed by atoms with Gasteiger partial charge in [-0.1, -0.05) is 68.4 Å². The highest BCUT2D eigenvalue weighted by molar-refractivity contribution is 5.69. The predicted molar refractivity (Wildman–Crippen MR) is 116 cm³/mol. The molecule has 3 heteroatoms. The van der Waals surface area contributed by atoms with Gasteiger partial charge in [-0.3, -0.25) is 4.79 Å². The fourth-order valence-corrected chi connectivity index (χ4v) is 2.39. The molecule has 0 atom stereocenters. The Morgan fingerprint density at radius 1 is 0.704 bits per heavy atom. The number of unbranched alkanes of at least 4 members (excludes halogenated alkanes) is 4. The van der Waals surface area contributed by atoms with Crippen molar-refractivity contribution in [1.29, 1.82) is 0 Å². The molecule has 0 amide bonds. The summed E-state index contributed by atoms with van der Waals surface area (Å²) in [4.78, 5) is 11.5. The second-order valence-corrected chi connectivity index (χ2v) is 6.55. The molecule has 0 aliphatic heterocycles. The van der Waals surface area contributed by atoms with Crippen molar-refractivity contribution in [3.8, 4) is 0 Å². The molecular weight excluding hydrogens is 336 g/mol. The van der Waals surface area contributed by atoms with E-state index in [4.69, 9.17) is 9.47 Å². The van der Waals surface area contributed by atoms with Crippen molar-refractivity contribution >= 4 is 5.97 Å². The first-order valence-corrected chi connectivity index (χ1v) is 10.6. The van der Waals surface area contributed by atoms with Gasteiger partial charge in [-0.15, -0.1) is 0 Å². The summed E-state index contributed by atoms with van der Waals surface area (Å²) in [6.07, 6.45) is 28.8. The minimum Gasteiger partial charge on any atom is -0.466 e. The van der Waals surface area contributed by atoms with Gasteiger partial charge in [0.25, 0.3) is 0 Å². The molecule has 0 N–H and O–H groups in total. The predicted octanol–water partition coefficient (Wildman–Crippen LogP) is 6.71. The van der Waals surface area contributed by atoms with Crippen molar-refractivity contribution in [3.05, 3.63) is 48.6 Å². The molecule has 0 unspecified atom stereocenters. The minimum absolute atomic E-state index is 0.109. The van der Waals surface area contributed by atoms with Gasteiger partial charge in [-0.2, -0.15) is 0 Å². The zero-order chi connectivity index (χ0) is 19.8. The second kappa shape index (κ2) is 22.4. The SMILES string of the molecule is CCCCCC=CCC=CCC=CCC=CCCCC(=O)OCCCOC. The molecule has 0 saturated carbocycles. The summed E-state index contributed by atoms with van der Waals surface area (Å²) in [7, 11) is 1.65. The lowest BCUT2D eigenvalue weighted by Crippen LogP contribution is -2.07. The van der Waals surface area contributed by atoms with Crippen molar-refractivity contribution in [2.24, 2.45) is 0 Å². The van der Waals surface area contributed by atoms with E-state index in [1.54, 1.807) is 7.11 Å². The standard InChI is InChI=1S/C24H40O3/c1-3-4-5-6-7-8-9-10-11-12-13-14-15-16-17-18-19-21-24(25)27-23-20-22-26-2/h7-8,10-11,13-14,16-17H,3-6,9,12,15,18-23H2,1-2H3. The third-order valence-corrected chi connectivity index (χ3v) is 3.97. The number of allylic oxidation sites excluding steroid dienone is 8. The third-order valence-electron chi connectivity index (χ3n) is 3.97. The van der Waals surface area contributed by atoms with E-state index in [1.165, 1.54) is 25.7 Å². The molecule has 154 valence electrons. The van der Waals surface area contributed by atoms with Crippen LogP contribution < -0.4 is 0 Å². The number of ether oxygens (including phenoxy) is 2. The van der Waals surface area contributed by atoms with Crippen molar-refractivity contribution in [2.75, 3.05) is 20.3 Å². The Hall–Kier alpha value is -1.61. The monoisotopic (exact) mass is 376 g/mol.